The van der Waals surface area contributed by atoms with Crippen LogP contribution in [0.4, 0.5) is 0 Å². The van der Waals surface area contributed by atoms with Gasteiger partial charge in [-0.2, -0.15) is 0 Å². The number of aliphatic carboxylic acids is 1. The molecule has 0 saturated carbocycles. The van der Waals surface area contributed by atoms with E-state index in [0.29, 0.717) is 12.6 Å². The number of nitrogens with zero attached hydrogens (tertiary/aromatic N) is 2. The minimum Gasteiger partial charge on any atom is -0.481 e. The smallest absolute Gasteiger partial charge is 0.308 e. The first kappa shape index (κ1) is 13.3. The second kappa shape index (κ2) is 5.26. The summed E-state index contributed by atoms with van der Waals surface area (Å²) in [5.74, 6) is -1.34. The van der Waals surface area contributed by atoms with Crippen molar-refractivity contribution in [2.24, 2.45) is 5.92 Å². The molecule has 2 heterocycles. The standard InChI is InChI=1S/C13H22N2O3/c1-3-9(2)14-5-4-11(8-14)15-7-10(13(17)18)6-12(15)16/h9-11H,3-8H2,1-2H3,(H,17,18). The van der Waals surface area contributed by atoms with E-state index in [1.54, 1.807) is 4.90 Å². The van der Waals surface area contributed by atoms with Crippen LogP contribution in [0, 0.1) is 5.92 Å². The van der Waals surface area contributed by atoms with Gasteiger partial charge in [0.15, 0.2) is 0 Å². The Bertz CT molecular complexity index is 345. The summed E-state index contributed by atoms with van der Waals surface area (Å²) in [6.45, 7) is 6.68. The average Bonchev–Trinajstić information content (AvgIpc) is 2.94. The fourth-order valence-corrected chi connectivity index (χ4v) is 2.93. The molecule has 102 valence electrons. The molecule has 0 aromatic rings. The first-order valence-corrected chi connectivity index (χ1v) is 6.79. The molecule has 2 rings (SSSR count). The maximum Gasteiger partial charge on any atom is 0.308 e. The third-order valence-electron chi connectivity index (χ3n) is 4.36. The number of amides is 1. The van der Waals surface area contributed by atoms with Gasteiger partial charge < -0.3 is 10.0 Å². The van der Waals surface area contributed by atoms with Gasteiger partial charge in [0.1, 0.15) is 0 Å². The first-order chi connectivity index (χ1) is 8.52. The van der Waals surface area contributed by atoms with Crippen molar-refractivity contribution >= 4 is 11.9 Å². The molecule has 3 unspecified atom stereocenters. The molecule has 2 aliphatic rings. The Hall–Kier alpha value is -1.10. The minimum absolute atomic E-state index is 0.0124. The van der Waals surface area contributed by atoms with E-state index in [9.17, 15) is 9.59 Å². The average molecular weight is 254 g/mol. The summed E-state index contributed by atoms with van der Waals surface area (Å²) in [5.41, 5.74) is 0. The van der Waals surface area contributed by atoms with Gasteiger partial charge in [-0.05, 0) is 19.8 Å². The Balaban J connectivity index is 1.94. The van der Waals surface area contributed by atoms with Crippen LogP contribution in [0.3, 0.4) is 0 Å². The second-order valence-corrected chi connectivity index (χ2v) is 5.48. The highest BCUT2D eigenvalue weighted by Crippen LogP contribution is 2.26. The predicted molar refractivity (Wildman–Crippen MR) is 67.2 cm³/mol. The first-order valence-electron chi connectivity index (χ1n) is 6.79. The van der Waals surface area contributed by atoms with Crippen molar-refractivity contribution in [2.45, 2.75) is 45.2 Å². The molecule has 0 spiro atoms. The van der Waals surface area contributed by atoms with Gasteiger partial charge in [0, 0.05) is 38.1 Å². The van der Waals surface area contributed by atoms with Crippen LogP contribution >= 0.6 is 0 Å². The molecule has 18 heavy (non-hydrogen) atoms. The molecule has 0 aromatic heterocycles. The molecule has 2 fully saturated rings. The van der Waals surface area contributed by atoms with E-state index >= 15 is 0 Å². The van der Waals surface area contributed by atoms with E-state index in [1.165, 1.54) is 0 Å². The molecule has 3 atom stereocenters. The largest absolute Gasteiger partial charge is 0.481 e. The van der Waals surface area contributed by atoms with E-state index in [1.807, 2.05) is 0 Å². The zero-order chi connectivity index (χ0) is 13.3. The summed E-state index contributed by atoms with van der Waals surface area (Å²) in [6, 6.07) is 0.763. The highest BCUT2D eigenvalue weighted by molar-refractivity contribution is 5.86. The monoisotopic (exact) mass is 254 g/mol. The minimum atomic E-state index is -0.845. The number of hydrogen-bond donors (Lipinski definition) is 1. The molecule has 5 nitrogen and oxygen atoms in total. The Labute approximate surface area is 108 Å². The lowest BCUT2D eigenvalue weighted by molar-refractivity contribution is -0.141. The molecule has 2 saturated heterocycles. The van der Waals surface area contributed by atoms with Crippen LogP contribution in [0.5, 0.6) is 0 Å². The van der Waals surface area contributed by atoms with E-state index in [-0.39, 0.29) is 18.4 Å². The maximum absolute atomic E-state index is 11.9. The Morgan fingerprint density at radius 3 is 2.78 bits per heavy atom. The third kappa shape index (κ3) is 2.51. The predicted octanol–water partition coefficient (Wildman–Crippen LogP) is 0.792. The van der Waals surface area contributed by atoms with Gasteiger partial charge >= 0.3 is 5.97 Å². The number of carboxylic acid groups (broad SMARTS) is 1. The van der Waals surface area contributed by atoms with E-state index in [4.69, 9.17) is 5.11 Å². The van der Waals surface area contributed by atoms with Crippen molar-refractivity contribution < 1.29 is 14.7 Å². The summed E-state index contributed by atoms with van der Waals surface area (Å²) in [5, 5.41) is 8.98. The summed E-state index contributed by atoms with van der Waals surface area (Å²) >= 11 is 0. The number of likely N-dealkylation sites (tertiary alicyclic amines) is 2. The Morgan fingerprint density at radius 1 is 1.50 bits per heavy atom. The lowest BCUT2D eigenvalue weighted by Gasteiger charge is -2.27. The van der Waals surface area contributed by atoms with Gasteiger partial charge in [0.25, 0.3) is 0 Å². The lowest BCUT2D eigenvalue weighted by Crippen LogP contribution is -2.40. The second-order valence-electron chi connectivity index (χ2n) is 5.48. The Morgan fingerprint density at radius 2 is 2.22 bits per heavy atom. The highest BCUT2D eigenvalue weighted by Gasteiger charge is 2.40. The summed E-state index contributed by atoms with van der Waals surface area (Å²) in [6.07, 6.45) is 2.26. The van der Waals surface area contributed by atoms with Gasteiger partial charge in [-0.25, -0.2) is 0 Å². The van der Waals surface area contributed by atoms with Crippen LogP contribution in [0.15, 0.2) is 0 Å². The number of carbonyl (C=O) groups is 2. The fraction of sp³-hybridized carbons (Fsp3) is 0.846. The van der Waals surface area contributed by atoms with E-state index in [2.05, 4.69) is 18.7 Å². The van der Waals surface area contributed by atoms with E-state index < -0.39 is 11.9 Å². The molecule has 0 bridgehead atoms. The van der Waals surface area contributed by atoms with Crippen molar-refractivity contribution in [1.82, 2.24) is 9.80 Å². The van der Waals surface area contributed by atoms with Crippen molar-refractivity contribution in [3.05, 3.63) is 0 Å². The van der Waals surface area contributed by atoms with Crippen molar-refractivity contribution in [2.75, 3.05) is 19.6 Å². The van der Waals surface area contributed by atoms with Crippen LogP contribution in [-0.2, 0) is 9.59 Å². The van der Waals surface area contributed by atoms with Gasteiger partial charge in [-0.15, -0.1) is 0 Å². The number of rotatable bonds is 4. The number of carbonyl (C=O) groups excluding carboxylic acids is 1. The zero-order valence-electron chi connectivity index (χ0n) is 11.1. The molecule has 0 radical (unpaired) electrons. The topological polar surface area (TPSA) is 60.9 Å². The molecule has 2 aliphatic heterocycles. The molecule has 5 heteroatoms. The molecular formula is C13H22N2O3. The van der Waals surface area contributed by atoms with Crippen LogP contribution in [-0.4, -0.2) is 58.5 Å². The van der Waals surface area contributed by atoms with Crippen molar-refractivity contribution in [1.29, 1.82) is 0 Å². The summed E-state index contributed by atoms with van der Waals surface area (Å²) in [4.78, 5) is 27.0. The zero-order valence-corrected chi connectivity index (χ0v) is 11.1. The molecule has 1 N–H and O–H groups in total. The quantitative estimate of drug-likeness (QED) is 0.806. The van der Waals surface area contributed by atoms with Crippen molar-refractivity contribution in [3.8, 4) is 0 Å². The summed E-state index contributed by atoms with van der Waals surface area (Å²) in [7, 11) is 0. The van der Waals surface area contributed by atoms with Gasteiger partial charge in [-0.1, -0.05) is 6.92 Å². The van der Waals surface area contributed by atoms with Crippen molar-refractivity contribution in [3.63, 3.8) is 0 Å². The Kier molecular flexibility index (Phi) is 3.90. The highest BCUT2D eigenvalue weighted by atomic mass is 16.4. The van der Waals surface area contributed by atoms with Gasteiger partial charge in [0.2, 0.25) is 5.91 Å². The third-order valence-corrected chi connectivity index (χ3v) is 4.36. The van der Waals surface area contributed by atoms with Crippen LogP contribution in [0.2, 0.25) is 0 Å². The van der Waals surface area contributed by atoms with Crippen LogP contribution < -0.4 is 0 Å². The number of carboxylic acids is 1. The van der Waals surface area contributed by atoms with Crippen LogP contribution in [0.25, 0.3) is 0 Å². The van der Waals surface area contributed by atoms with E-state index in [0.717, 1.165) is 25.9 Å². The normalized spacial score (nSPS) is 31.0. The number of hydrogen-bond acceptors (Lipinski definition) is 3. The summed E-state index contributed by atoms with van der Waals surface area (Å²) < 4.78 is 0. The van der Waals surface area contributed by atoms with Gasteiger partial charge in [-0.3, -0.25) is 14.5 Å². The fourth-order valence-electron chi connectivity index (χ4n) is 2.93. The molecular weight excluding hydrogens is 232 g/mol. The lowest BCUT2D eigenvalue weighted by atomic mass is 10.1. The SMILES string of the molecule is CCC(C)N1CCC(N2CC(C(=O)O)CC2=O)C1. The van der Waals surface area contributed by atoms with Crippen LogP contribution in [0.1, 0.15) is 33.1 Å². The molecule has 1 amide bonds. The molecule has 0 aromatic carbocycles. The maximum atomic E-state index is 11.9. The molecule has 0 aliphatic carbocycles. The van der Waals surface area contributed by atoms with Gasteiger partial charge in [0.05, 0.1) is 5.92 Å².